The van der Waals surface area contributed by atoms with Gasteiger partial charge in [-0.3, -0.25) is 0 Å². The van der Waals surface area contributed by atoms with Crippen LogP contribution in [0, 0.1) is 0 Å². The third-order valence-corrected chi connectivity index (χ3v) is 3.22. The maximum absolute atomic E-state index is 9.83. The zero-order chi connectivity index (χ0) is 11.4. The molecule has 0 fully saturated rings. The van der Waals surface area contributed by atoms with E-state index in [0.717, 1.165) is 0 Å². The van der Waals surface area contributed by atoms with Crippen molar-refractivity contribution in [2.75, 3.05) is 5.88 Å². The Labute approximate surface area is 107 Å². The maximum Gasteiger partial charge on any atom is 0.106 e. The van der Waals surface area contributed by atoms with Crippen molar-refractivity contribution < 1.29 is 10.2 Å². The van der Waals surface area contributed by atoms with Crippen molar-refractivity contribution in [3.8, 4) is 0 Å². The van der Waals surface area contributed by atoms with Crippen LogP contribution in [0.5, 0.6) is 0 Å². The molecule has 2 N–H and O–H groups in total. The highest BCUT2D eigenvalue weighted by molar-refractivity contribution is 9.10. The third-order valence-electron chi connectivity index (χ3n) is 2.05. The van der Waals surface area contributed by atoms with E-state index in [1.807, 2.05) is 0 Å². The highest BCUT2D eigenvalue weighted by Gasteiger charge is 2.20. The van der Waals surface area contributed by atoms with Gasteiger partial charge in [0, 0.05) is 15.4 Å². The van der Waals surface area contributed by atoms with Crippen LogP contribution in [0.2, 0.25) is 5.02 Å². The second-order valence-corrected chi connectivity index (χ2v) is 4.82. The normalized spacial score (nSPS) is 15.0. The summed E-state index contributed by atoms with van der Waals surface area (Å²) in [4.78, 5) is 0. The van der Waals surface area contributed by atoms with Gasteiger partial charge in [0.05, 0.1) is 6.10 Å². The largest absolute Gasteiger partial charge is 0.390 e. The molecule has 0 heterocycles. The minimum atomic E-state index is -0.975. The molecule has 5 heteroatoms. The minimum absolute atomic E-state index is 0.302. The van der Waals surface area contributed by atoms with Crippen molar-refractivity contribution in [2.45, 2.75) is 18.6 Å². The molecule has 0 aliphatic heterocycles. The average Bonchev–Trinajstić information content (AvgIpc) is 2.21. The smallest absolute Gasteiger partial charge is 0.106 e. The molecule has 84 valence electrons. The van der Waals surface area contributed by atoms with E-state index in [1.165, 1.54) is 0 Å². The minimum Gasteiger partial charge on any atom is -0.390 e. The number of halogens is 3. The first kappa shape index (κ1) is 13.3. The average molecular weight is 314 g/mol. The second-order valence-electron chi connectivity index (χ2n) is 3.16. The Morgan fingerprint density at radius 1 is 1.33 bits per heavy atom. The Bertz CT molecular complexity index is 333. The van der Waals surface area contributed by atoms with E-state index >= 15 is 0 Å². The van der Waals surface area contributed by atoms with Gasteiger partial charge < -0.3 is 10.2 Å². The van der Waals surface area contributed by atoms with Crippen LogP contribution in [0.1, 0.15) is 18.1 Å². The van der Waals surface area contributed by atoms with E-state index < -0.39 is 12.2 Å². The molecule has 2 nitrogen and oxygen atoms in total. The Balaban J connectivity index is 2.89. The molecule has 0 spiro atoms. The maximum atomic E-state index is 9.83. The van der Waals surface area contributed by atoms with Gasteiger partial charge in [0.2, 0.25) is 0 Å². The summed E-state index contributed by atoms with van der Waals surface area (Å²) in [5.74, 6) is 0.302. The first-order valence-corrected chi connectivity index (χ1v) is 6.14. The summed E-state index contributed by atoms with van der Waals surface area (Å²) < 4.78 is 0.716. The van der Waals surface area contributed by atoms with Crippen LogP contribution in [-0.2, 0) is 0 Å². The van der Waals surface area contributed by atoms with Crippen LogP contribution >= 0.6 is 39.1 Å². The fourth-order valence-electron chi connectivity index (χ4n) is 1.22. The molecular formula is C10H11BrCl2O2. The van der Waals surface area contributed by atoms with Crippen LogP contribution in [0.4, 0.5) is 0 Å². The van der Waals surface area contributed by atoms with Crippen LogP contribution < -0.4 is 0 Å². The van der Waals surface area contributed by atoms with Crippen LogP contribution in [-0.4, -0.2) is 22.2 Å². The van der Waals surface area contributed by atoms with Gasteiger partial charge >= 0.3 is 0 Å². The summed E-state index contributed by atoms with van der Waals surface area (Å²) in [5, 5.41) is 19.9. The van der Waals surface area contributed by atoms with Gasteiger partial charge in [-0.2, -0.15) is 0 Å². The molecule has 0 saturated carbocycles. The van der Waals surface area contributed by atoms with Crippen molar-refractivity contribution in [1.82, 2.24) is 0 Å². The fourth-order valence-corrected chi connectivity index (χ4v) is 2.10. The first-order chi connectivity index (χ1) is 7.06. The summed E-state index contributed by atoms with van der Waals surface area (Å²) in [6, 6.07) is 5.05. The first-order valence-electron chi connectivity index (χ1n) is 4.43. The van der Waals surface area contributed by atoms with Crippen molar-refractivity contribution in [1.29, 1.82) is 0 Å². The van der Waals surface area contributed by atoms with Gasteiger partial charge in [0.25, 0.3) is 0 Å². The molecule has 0 radical (unpaired) electrons. The summed E-state index contributed by atoms with van der Waals surface area (Å²) in [6.07, 6.45) is -1.52. The molecule has 0 saturated heterocycles. The summed E-state index contributed by atoms with van der Waals surface area (Å²) >= 11 is 14.6. The topological polar surface area (TPSA) is 40.5 Å². The SMILES string of the molecule is OC(CCCl)C(O)c1cc(Cl)ccc1Br. The van der Waals surface area contributed by atoms with Gasteiger partial charge in [-0.1, -0.05) is 27.5 Å². The van der Waals surface area contributed by atoms with E-state index in [4.69, 9.17) is 23.2 Å². The predicted octanol–water partition coefficient (Wildman–Crippen LogP) is 3.13. The second kappa shape index (κ2) is 6.06. The number of rotatable bonds is 4. The molecule has 0 aliphatic rings. The summed E-state index contributed by atoms with van der Waals surface area (Å²) in [6.45, 7) is 0. The van der Waals surface area contributed by atoms with E-state index in [9.17, 15) is 10.2 Å². The molecule has 15 heavy (non-hydrogen) atoms. The summed E-state index contributed by atoms with van der Waals surface area (Å²) in [7, 11) is 0. The molecule has 0 bridgehead atoms. The number of aliphatic hydroxyl groups is 2. The number of aliphatic hydroxyl groups excluding tert-OH is 2. The van der Waals surface area contributed by atoms with E-state index in [-0.39, 0.29) is 0 Å². The molecule has 2 unspecified atom stereocenters. The monoisotopic (exact) mass is 312 g/mol. The standard InChI is InChI=1S/C10H11BrCl2O2/c11-8-2-1-6(13)5-7(8)10(15)9(14)3-4-12/h1-2,5,9-10,14-15H,3-4H2. The number of hydrogen-bond acceptors (Lipinski definition) is 2. The zero-order valence-corrected chi connectivity index (χ0v) is 10.9. The lowest BCUT2D eigenvalue weighted by Gasteiger charge is -2.18. The highest BCUT2D eigenvalue weighted by Crippen LogP contribution is 2.29. The molecule has 0 aliphatic carbocycles. The van der Waals surface area contributed by atoms with Crippen molar-refractivity contribution in [3.05, 3.63) is 33.3 Å². The molecule has 1 aromatic carbocycles. The van der Waals surface area contributed by atoms with Gasteiger partial charge in [0.15, 0.2) is 0 Å². The molecular weight excluding hydrogens is 303 g/mol. The lowest BCUT2D eigenvalue weighted by molar-refractivity contribution is 0.0166. The highest BCUT2D eigenvalue weighted by atomic mass is 79.9. The Morgan fingerprint density at radius 2 is 2.00 bits per heavy atom. The Morgan fingerprint density at radius 3 is 2.60 bits per heavy atom. The molecule has 2 atom stereocenters. The van der Waals surface area contributed by atoms with Crippen molar-refractivity contribution in [3.63, 3.8) is 0 Å². The van der Waals surface area contributed by atoms with Crippen LogP contribution in [0.25, 0.3) is 0 Å². The quantitative estimate of drug-likeness (QED) is 0.838. The Hall–Kier alpha value is 0.200. The van der Waals surface area contributed by atoms with E-state index in [2.05, 4.69) is 15.9 Å². The number of benzene rings is 1. The van der Waals surface area contributed by atoms with E-state index in [1.54, 1.807) is 18.2 Å². The lowest BCUT2D eigenvalue weighted by atomic mass is 10.0. The van der Waals surface area contributed by atoms with Crippen molar-refractivity contribution >= 4 is 39.1 Å². The van der Waals surface area contributed by atoms with Gasteiger partial charge in [-0.15, -0.1) is 11.6 Å². The van der Waals surface area contributed by atoms with Crippen LogP contribution in [0.3, 0.4) is 0 Å². The number of alkyl halides is 1. The zero-order valence-electron chi connectivity index (χ0n) is 7.83. The lowest BCUT2D eigenvalue weighted by Crippen LogP contribution is -2.19. The van der Waals surface area contributed by atoms with Gasteiger partial charge in [0.1, 0.15) is 6.10 Å². The molecule has 1 aromatic rings. The number of hydrogen-bond donors (Lipinski definition) is 2. The molecule has 0 amide bonds. The third kappa shape index (κ3) is 3.61. The fraction of sp³-hybridized carbons (Fsp3) is 0.400. The van der Waals surface area contributed by atoms with Gasteiger partial charge in [-0.05, 0) is 30.2 Å². The predicted molar refractivity (Wildman–Crippen MR) is 65.5 cm³/mol. The van der Waals surface area contributed by atoms with Crippen LogP contribution in [0.15, 0.2) is 22.7 Å². The van der Waals surface area contributed by atoms with Crippen molar-refractivity contribution in [2.24, 2.45) is 0 Å². The van der Waals surface area contributed by atoms with Gasteiger partial charge in [-0.25, -0.2) is 0 Å². The molecule has 0 aromatic heterocycles. The van der Waals surface area contributed by atoms with E-state index in [0.29, 0.717) is 27.4 Å². The summed E-state index contributed by atoms with van der Waals surface area (Å²) in [5.41, 5.74) is 0.570. The Kier molecular flexibility index (Phi) is 5.36. The molecule has 1 rings (SSSR count).